The van der Waals surface area contributed by atoms with Gasteiger partial charge in [-0.05, 0) is 24.3 Å². The van der Waals surface area contributed by atoms with E-state index in [0.29, 0.717) is 22.7 Å². The van der Waals surface area contributed by atoms with E-state index in [4.69, 9.17) is 10.1 Å². The Morgan fingerprint density at radius 3 is 2.57 bits per heavy atom. The fourth-order valence-corrected chi connectivity index (χ4v) is 2.19. The van der Waals surface area contributed by atoms with Crippen molar-refractivity contribution in [3.8, 4) is 5.75 Å². The molecule has 0 aliphatic carbocycles. The molecule has 21 heavy (non-hydrogen) atoms. The van der Waals surface area contributed by atoms with Crippen LogP contribution < -0.4 is 9.64 Å². The summed E-state index contributed by atoms with van der Waals surface area (Å²) in [5.41, 5.74) is 1.67. The third-order valence-electron chi connectivity index (χ3n) is 3.20. The normalized spacial score (nSPS) is 14.3. The second-order valence-corrected chi connectivity index (χ2v) is 4.49. The van der Waals surface area contributed by atoms with E-state index in [2.05, 4.69) is 4.99 Å². The van der Waals surface area contributed by atoms with Gasteiger partial charge in [0.2, 0.25) is 0 Å². The number of ether oxygens (including phenoxy) is 1. The van der Waals surface area contributed by atoms with Crippen LogP contribution in [0.1, 0.15) is 5.56 Å². The van der Waals surface area contributed by atoms with Gasteiger partial charge in [-0.1, -0.05) is 30.3 Å². The highest BCUT2D eigenvalue weighted by Gasteiger charge is 2.31. The maximum Gasteiger partial charge on any atom is 0.354 e. The maximum atomic E-state index is 12.1. The summed E-state index contributed by atoms with van der Waals surface area (Å²) in [6, 6.07) is 15.8. The lowest BCUT2D eigenvalue weighted by molar-refractivity contribution is 0.257. The van der Waals surface area contributed by atoms with Gasteiger partial charge in [0.15, 0.2) is 5.84 Å². The molecular formula is C16H13N3O2. The molecule has 0 radical (unpaired) electrons. The minimum absolute atomic E-state index is 0.0689. The number of rotatable bonds is 3. The highest BCUT2D eigenvalue weighted by atomic mass is 16.5. The molecule has 104 valence electrons. The molecule has 0 aromatic heterocycles. The number of amidine groups is 1. The summed E-state index contributed by atoms with van der Waals surface area (Å²) in [6.45, 7) is 0. The van der Waals surface area contributed by atoms with E-state index in [0.717, 1.165) is 0 Å². The number of nitrogens with one attached hydrogen (secondary N) is 1. The minimum atomic E-state index is -0.455. The first-order valence-electron chi connectivity index (χ1n) is 6.42. The lowest BCUT2D eigenvalue weighted by Crippen LogP contribution is -2.32. The standard InChI is InChI=1S/C16H13N3O2/c1-21-13-9-5-6-11(10-13)14-15(17)19(16(20)18-14)12-7-3-2-4-8-12/h2-10,17H,1H3. The monoisotopic (exact) mass is 279 g/mol. The average Bonchev–Trinajstić information content (AvgIpc) is 2.83. The molecule has 0 atom stereocenters. The zero-order chi connectivity index (χ0) is 14.8. The molecule has 1 N–H and O–H groups in total. The first kappa shape index (κ1) is 13.1. The van der Waals surface area contributed by atoms with Gasteiger partial charge in [0.05, 0.1) is 12.8 Å². The van der Waals surface area contributed by atoms with E-state index in [9.17, 15) is 4.79 Å². The molecule has 1 heterocycles. The summed E-state index contributed by atoms with van der Waals surface area (Å²) in [7, 11) is 1.57. The van der Waals surface area contributed by atoms with Gasteiger partial charge in [-0.15, -0.1) is 0 Å². The summed E-state index contributed by atoms with van der Waals surface area (Å²) < 4.78 is 5.16. The van der Waals surface area contributed by atoms with Crippen LogP contribution in [0.15, 0.2) is 59.6 Å². The maximum absolute atomic E-state index is 12.1. The Bertz CT molecular complexity index is 738. The molecule has 0 saturated heterocycles. The van der Waals surface area contributed by atoms with Crippen LogP contribution >= 0.6 is 0 Å². The molecule has 3 rings (SSSR count). The number of benzene rings is 2. The van der Waals surface area contributed by atoms with Crippen molar-refractivity contribution in [3.63, 3.8) is 0 Å². The number of hydrogen-bond donors (Lipinski definition) is 1. The third-order valence-corrected chi connectivity index (χ3v) is 3.20. The molecule has 0 unspecified atom stereocenters. The Kier molecular flexibility index (Phi) is 3.23. The fraction of sp³-hybridized carbons (Fsp3) is 0.0625. The Labute approximate surface area is 122 Å². The number of para-hydroxylation sites is 1. The van der Waals surface area contributed by atoms with Gasteiger partial charge in [-0.25, -0.2) is 9.69 Å². The number of urea groups is 1. The zero-order valence-electron chi connectivity index (χ0n) is 11.4. The predicted octanol–water partition coefficient (Wildman–Crippen LogP) is 3.10. The van der Waals surface area contributed by atoms with Gasteiger partial charge >= 0.3 is 6.03 Å². The van der Waals surface area contributed by atoms with E-state index >= 15 is 0 Å². The van der Waals surface area contributed by atoms with Crippen LogP contribution in [0.5, 0.6) is 5.75 Å². The number of methoxy groups -OCH3 is 1. The summed E-state index contributed by atoms with van der Waals surface area (Å²) in [6.07, 6.45) is 0. The molecule has 1 aliphatic rings. The molecule has 5 nitrogen and oxygen atoms in total. The molecule has 0 bridgehead atoms. The van der Waals surface area contributed by atoms with Gasteiger partial charge in [0, 0.05) is 5.56 Å². The zero-order valence-corrected chi connectivity index (χ0v) is 11.4. The van der Waals surface area contributed by atoms with Crippen molar-refractivity contribution in [1.82, 2.24) is 0 Å². The number of carbonyl (C=O) groups excluding carboxylic acids is 1. The number of hydrogen-bond acceptors (Lipinski definition) is 3. The van der Waals surface area contributed by atoms with E-state index in [-0.39, 0.29) is 5.84 Å². The number of nitrogens with zero attached hydrogens (tertiary/aromatic N) is 2. The van der Waals surface area contributed by atoms with Crippen molar-refractivity contribution in [2.75, 3.05) is 12.0 Å². The van der Waals surface area contributed by atoms with E-state index < -0.39 is 6.03 Å². The van der Waals surface area contributed by atoms with Gasteiger partial charge in [-0.2, -0.15) is 4.99 Å². The van der Waals surface area contributed by atoms with Crippen molar-refractivity contribution >= 4 is 23.3 Å². The quantitative estimate of drug-likeness (QED) is 0.938. The summed E-state index contributed by atoms with van der Waals surface area (Å²) in [4.78, 5) is 17.4. The molecule has 0 saturated carbocycles. The van der Waals surface area contributed by atoms with E-state index in [1.54, 1.807) is 43.5 Å². The lowest BCUT2D eigenvalue weighted by atomic mass is 10.1. The first-order valence-corrected chi connectivity index (χ1v) is 6.42. The number of aliphatic imine (C=N–C) groups is 1. The average molecular weight is 279 g/mol. The van der Waals surface area contributed by atoms with Crippen LogP contribution in [0.25, 0.3) is 0 Å². The second-order valence-electron chi connectivity index (χ2n) is 4.49. The molecule has 0 spiro atoms. The molecule has 1 aliphatic heterocycles. The highest BCUT2D eigenvalue weighted by molar-refractivity contribution is 6.59. The summed E-state index contributed by atoms with van der Waals surface area (Å²) in [5, 5.41) is 8.23. The predicted molar refractivity (Wildman–Crippen MR) is 81.6 cm³/mol. The Balaban J connectivity index is 1.97. The SMILES string of the molecule is COc1cccc(C2=NC(=O)N(c3ccccc3)C2=N)c1. The molecule has 0 fully saturated rings. The number of carbonyl (C=O) groups is 1. The molecule has 5 heteroatoms. The Morgan fingerprint density at radius 1 is 1.10 bits per heavy atom. The van der Waals surface area contributed by atoms with Crippen molar-refractivity contribution in [3.05, 3.63) is 60.2 Å². The van der Waals surface area contributed by atoms with Crippen LogP contribution in [0.4, 0.5) is 10.5 Å². The topological polar surface area (TPSA) is 65.8 Å². The molecular weight excluding hydrogens is 266 g/mol. The summed E-state index contributed by atoms with van der Waals surface area (Å²) >= 11 is 0. The van der Waals surface area contributed by atoms with Gasteiger partial charge in [0.1, 0.15) is 11.5 Å². The van der Waals surface area contributed by atoms with Crippen LogP contribution in [0.2, 0.25) is 0 Å². The number of anilines is 1. The Hall–Kier alpha value is -2.95. The van der Waals surface area contributed by atoms with E-state index in [1.807, 2.05) is 18.2 Å². The van der Waals surface area contributed by atoms with Crippen molar-refractivity contribution in [2.45, 2.75) is 0 Å². The fourth-order valence-electron chi connectivity index (χ4n) is 2.19. The smallest absolute Gasteiger partial charge is 0.354 e. The van der Waals surface area contributed by atoms with Crippen molar-refractivity contribution in [1.29, 1.82) is 5.41 Å². The lowest BCUT2D eigenvalue weighted by Gasteiger charge is -2.15. The summed E-state index contributed by atoms with van der Waals surface area (Å²) in [5.74, 6) is 0.730. The molecule has 2 aromatic carbocycles. The van der Waals surface area contributed by atoms with Crippen molar-refractivity contribution < 1.29 is 9.53 Å². The van der Waals surface area contributed by atoms with Crippen molar-refractivity contribution in [2.24, 2.45) is 4.99 Å². The largest absolute Gasteiger partial charge is 0.497 e. The minimum Gasteiger partial charge on any atom is -0.497 e. The van der Waals surface area contributed by atoms with E-state index in [1.165, 1.54) is 4.90 Å². The van der Waals surface area contributed by atoms with Crippen LogP contribution in [-0.2, 0) is 0 Å². The number of amides is 2. The van der Waals surface area contributed by atoms with Crippen LogP contribution in [0, 0.1) is 5.41 Å². The molecule has 2 amide bonds. The Morgan fingerprint density at radius 2 is 1.86 bits per heavy atom. The van der Waals surface area contributed by atoms with Gasteiger partial charge in [0.25, 0.3) is 0 Å². The second kappa shape index (κ2) is 5.20. The van der Waals surface area contributed by atoms with Gasteiger partial charge in [-0.3, -0.25) is 5.41 Å². The van der Waals surface area contributed by atoms with Crippen LogP contribution in [0.3, 0.4) is 0 Å². The molecule has 2 aromatic rings. The third kappa shape index (κ3) is 2.29. The highest BCUT2D eigenvalue weighted by Crippen LogP contribution is 2.23. The first-order chi connectivity index (χ1) is 10.2. The van der Waals surface area contributed by atoms with Gasteiger partial charge < -0.3 is 4.74 Å². The van der Waals surface area contributed by atoms with Crippen LogP contribution in [-0.4, -0.2) is 24.7 Å².